The van der Waals surface area contributed by atoms with Crippen molar-refractivity contribution in [1.82, 2.24) is 19.5 Å². The molecule has 0 radical (unpaired) electrons. The second-order valence-corrected chi connectivity index (χ2v) is 16.4. The fraction of sp³-hybridized carbons (Fsp3) is 0. The van der Waals surface area contributed by atoms with E-state index in [1.807, 2.05) is 24.3 Å². The van der Waals surface area contributed by atoms with Crippen molar-refractivity contribution in [2.24, 2.45) is 0 Å². The van der Waals surface area contributed by atoms with E-state index in [0.717, 1.165) is 88.4 Å². The Morgan fingerprint density at radius 1 is 0.312 bits per heavy atom. The molecule has 0 aliphatic heterocycles. The average molecular weight is 817 g/mol. The van der Waals surface area contributed by atoms with E-state index in [1.54, 1.807) is 0 Å². The van der Waals surface area contributed by atoms with E-state index in [-0.39, 0.29) is 0 Å². The Kier molecular flexibility index (Phi) is 8.15. The molecule has 64 heavy (non-hydrogen) atoms. The summed E-state index contributed by atoms with van der Waals surface area (Å²) in [4.78, 5) is 15.7. The van der Waals surface area contributed by atoms with E-state index in [1.165, 1.54) is 21.5 Å². The van der Waals surface area contributed by atoms with Gasteiger partial charge in [0, 0.05) is 43.9 Å². The van der Waals surface area contributed by atoms with Gasteiger partial charge in [0.2, 0.25) is 0 Å². The van der Waals surface area contributed by atoms with Crippen molar-refractivity contribution in [2.75, 3.05) is 0 Å². The van der Waals surface area contributed by atoms with Crippen LogP contribution in [0.25, 0.3) is 127 Å². The topological polar surface area (TPSA) is 56.7 Å². The maximum absolute atomic E-state index is 6.70. The molecular weight excluding hydrogens is 781 g/mol. The zero-order valence-electron chi connectivity index (χ0n) is 34.5. The van der Waals surface area contributed by atoms with Gasteiger partial charge in [-0.3, -0.25) is 0 Å². The molecule has 0 fully saturated rings. The van der Waals surface area contributed by atoms with Gasteiger partial charge < -0.3 is 8.98 Å². The Bertz CT molecular complexity index is 3830. The van der Waals surface area contributed by atoms with Crippen molar-refractivity contribution in [1.29, 1.82) is 0 Å². The number of hydrogen-bond acceptors (Lipinski definition) is 4. The predicted octanol–water partition coefficient (Wildman–Crippen LogP) is 15.5. The lowest BCUT2D eigenvalue weighted by Crippen LogP contribution is -2.01. The van der Waals surface area contributed by atoms with Gasteiger partial charge in [-0.15, -0.1) is 0 Å². The SMILES string of the molecule is c1ccc(-c2ccc(-c3nc(-c4ccc(-c5ccccc5)cc4)nc(-c4cc5oc6ccccc6c5c5cc(-n6c7ccccc7c7cc8ccccc8cc76)ccc45)n3)cc2)cc1. The lowest BCUT2D eigenvalue weighted by Gasteiger charge is -2.14. The highest BCUT2D eigenvalue weighted by Crippen LogP contribution is 2.42. The number of benzene rings is 10. The summed E-state index contributed by atoms with van der Waals surface area (Å²) in [6, 6.07) is 76.9. The molecule has 0 aliphatic rings. The zero-order chi connectivity index (χ0) is 42.1. The van der Waals surface area contributed by atoms with Gasteiger partial charge in [0.05, 0.1) is 11.0 Å². The third-order valence-electron chi connectivity index (χ3n) is 12.6. The fourth-order valence-corrected chi connectivity index (χ4v) is 9.52. The molecule has 3 aromatic heterocycles. The van der Waals surface area contributed by atoms with Crippen LogP contribution in [-0.4, -0.2) is 19.5 Å². The summed E-state index contributed by atoms with van der Waals surface area (Å²) in [7, 11) is 0. The molecule has 3 heterocycles. The lowest BCUT2D eigenvalue weighted by atomic mass is 9.97. The van der Waals surface area contributed by atoms with Crippen LogP contribution < -0.4 is 0 Å². The number of hydrogen-bond donors (Lipinski definition) is 0. The number of nitrogens with zero attached hydrogens (tertiary/aromatic N) is 4. The molecule has 5 nitrogen and oxygen atoms in total. The zero-order valence-corrected chi connectivity index (χ0v) is 34.5. The first-order valence-corrected chi connectivity index (χ1v) is 21.6. The summed E-state index contributed by atoms with van der Waals surface area (Å²) in [5, 5.41) is 9.08. The molecule has 0 N–H and O–H groups in total. The summed E-state index contributed by atoms with van der Waals surface area (Å²) >= 11 is 0. The molecule has 0 unspecified atom stereocenters. The minimum absolute atomic E-state index is 0.572. The first-order chi connectivity index (χ1) is 31.7. The quantitative estimate of drug-likeness (QED) is 0.168. The van der Waals surface area contributed by atoms with Gasteiger partial charge in [-0.2, -0.15) is 0 Å². The first kappa shape index (κ1) is 36.0. The van der Waals surface area contributed by atoms with E-state index in [0.29, 0.717) is 17.5 Å². The van der Waals surface area contributed by atoms with E-state index in [9.17, 15) is 0 Å². The lowest BCUT2D eigenvalue weighted by molar-refractivity contribution is 0.669. The smallest absolute Gasteiger partial charge is 0.164 e. The molecule has 5 heteroatoms. The Morgan fingerprint density at radius 2 is 0.844 bits per heavy atom. The molecule has 10 aromatic carbocycles. The summed E-state index contributed by atoms with van der Waals surface area (Å²) in [6.45, 7) is 0. The molecule has 0 aliphatic carbocycles. The van der Waals surface area contributed by atoms with E-state index in [4.69, 9.17) is 19.4 Å². The van der Waals surface area contributed by atoms with Crippen molar-refractivity contribution >= 4 is 65.3 Å². The molecule has 0 atom stereocenters. The molecule has 13 rings (SSSR count). The van der Waals surface area contributed by atoms with Gasteiger partial charge in [-0.05, 0) is 86.3 Å². The highest BCUT2D eigenvalue weighted by molar-refractivity contribution is 6.22. The van der Waals surface area contributed by atoms with E-state index in [2.05, 4.69) is 199 Å². The van der Waals surface area contributed by atoms with Crippen LogP contribution in [0.3, 0.4) is 0 Å². The summed E-state index contributed by atoms with van der Waals surface area (Å²) < 4.78 is 9.10. The standard InChI is InChI=1S/C59H36N4O/c1-3-13-37(14-4-1)39-23-27-41(28-24-39)57-60-58(42-29-25-40(26-30-42)38-15-5-2-6-16-38)62-59(61-57)51-36-55-56(48-20-10-12-22-54(48)64-55)50-35-45(31-32-46(50)51)63-52-21-11-9-19-47(52)49-33-43-17-7-8-18-44(43)34-53(49)63/h1-36H. The van der Waals surface area contributed by atoms with Crippen LogP contribution in [0.2, 0.25) is 0 Å². The average Bonchev–Trinajstić information content (AvgIpc) is 3.91. The Balaban J connectivity index is 1.04. The van der Waals surface area contributed by atoms with Gasteiger partial charge in [0.15, 0.2) is 17.5 Å². The molecule has 13 aromatic rings. The highest BCUT2D eigenvalue weighted by Gasteiger charge is 2.21. The molecule has 0 saturated heterocycles. The molecule has 0 saturated carbocycles. The second kappa shape index (κ2) is 14.5. The minimum atomic E-state index is 0.572. The molecule has 0 spiro atoms. The van der Waals surface area contributed by atoms with Crippen LogP contribution in [0.4, 0.5) is 0 Å². The normalized spacial score (nSPS) is 11.8. The summed E-state index contributed by atoms with van der Waals surface area (Å²) in [5.74, 6) is 1.76. The number of furan rings is 1. The van der Waals surface area contributed by atoms with Crippen molar-refractivity contribution < 1.29 is 4.42 Å². The number of fused-ring (bicyclic) bond motifs is 9. The van der Waals surface area contributed by atoms with Crippen LogP contribution in [0, 0.1) is 0 Å². The van der Waals surface area contributed by atoms with Crippen molar-refractivity contribution in [3.05, 3.63) is 218 Å². The van der Waals surface area contributed by atoms with Crippen molar-refractivity contribution in [3.63, 3.8) is 0 Å². The Labute approximate surface area is 368 Å². The van der Waals surface area contributed by atoms with Crippen LogP contribution >= 0.6 is 0 Å². The number of para-hydroxylation sites is 2. The molecule has 298 valence electrons. The van der Waals surface area contributed by atoms with Gasteiger partial charge in [-0.1, -0.05) is 176 Å². The Hall–Kier alpha value is -8.67. The van der Waals surface area contributed by atoms with Gasteiger partial charge in [0.1, 0.15) is 11.2 Å². The van der Waals surface area contributed by atoms with Gasteiger partial charge in [0.25, 0.3) is 0 Å². The minimum Gasteiger partial charge on any atom is -0.456 e. The third-order valence-corrected chi connectivity index (χ3v) is 12.6. The maximum Gasteiger partial charge on any atom is 0.164 e. The van der Waals surface area contributed by atoms with E-state index < -0.39 is 0 Å². The Morgan fingerprint density at radius 3 is 1.52 bits per heavy atom. The van der Waals surface area contributed by atoms with Crippen LogP contribution in [0.1, 0.15) is 0 Å². The first-order valence-electron chi connectivity index (χ1n) is 21.6. The third kappa shape index (κ3) is 5.90. The number of aromatic nitrogens is 4. The predicted molar refractivity (Wildman–Crippen MR) is 264 cm³/mol. The fourth-order valence-electron chi connectivity index (χ4n) is 9.52. The largest absolute Gasteiger partial charge is 0.456 e. The second-order valence-electron chi connectivity index (χ2n) is 16.4. The van der Waals surface area contributed by atoms with Crippen molar-refractivity contribution in [3.8, 4) is 62.1 Å². The molecule has 0 bridgehead atoms. The molecular formula is C59H36N4O. The van der Waals surface area contributed by atoms with Crippen molar-refractivity contribution in [2.45, 2.75) is 0 Å². The molecule has 0 amide bonds. The van der Waals surface area contributed by atoms with Crippen LogP contribution in [0.5, 0.6) is 0 Å². The maximum atomic E-state index is 6.70. The summed E-state index contributed by atoms with van der Waals surface area (Å²) in [5.41, 5.74) is 12.2. The van der Waals surface area contributed by atoms with Gasteiger partial charge >= 0.3 is 0 Å². The van der Waals surface area contributed by atoms with Gasteiger partial charge in [-0.25, -0.2) is 15.0 Å². The monoisotopic (exact) mass is 816 g/mol. The summed E-state index contributed by atoms with van der Waals surface area (Å²) in [6.07, 6.45) is 0. The number of rotatable bonds is 6. The van der Waals surface area contributed by atoms with Crippen LogP contribution in [0.15, 0.2) is 223 Å². The van der Waals surface area contributed by atoms with E-state index >= 15 is 0 Å². The van der Waals surface area contributed by atoms with Crippen LogP contribution in [-0.2, 0) is 0 Å². The highest BCUT2D eigenvalue weighted by atomic mass is 16.3.